The number of H-pyrrole nitrogens is 1. The minimum atomic E-state index is -0.467. The van der Waals surface area contributed by atoms with E-state index in [4.69, 9.17) is 0 Å². The van der Waals surface area contributed by atoms with Crippen LogP contribution in [0, 0.1) is 11.6 Å². The fourth-order valence-corrected chi connectivity index (χ4v) is 6.01. The Bertz CT molecular complexity index is 878. The first-order chi connectivity index (χ1) is 13.6. The van der Waals surface area contributed by atoms with E-state index in [0.717, 1.165) is 25.2 Å². The molecule has 2 aromatic rings. The van der Waals surface area contributed by atoms with Crippen LogP contribution in [0.3, 0.4) is 0 Å². The van der Waals surface area contributed by atoms with Crippen molar-refractivity contribution in [1.82, 2.24) is 20.5 Å². The van der Waals surface area contributed by atoms with Gasteiger partial charge in [0.1, 0.15) is 11.6 Å². The second-order valence-electron chi connectivity index (χ2n) is 7.82. The molecule has 1 aromatic carbocycles. The quantitative estimate of drug-likeness (QED) is 0.725. The first-order valence-electron chi connectivity index (χ1n) is 9.80. The third kappa shape index (κ3) is 3.15. The summed E-state index contributed by atoms with van der Waals surface area (Å²) in [5, 5.41) is 7.92. The maximum atomic E-state index is 14.2. The molecule has 4 nitrogen and oxygen atoms in total. The standard InChI is InChI=1S/C21H24F2N4S/c1-12-20(26-21(28-12)14-5-7-24-10-14)27-8-6-13-9-17(25-18(13)11-27)19-15(22)3-2-4-16(19)23/h2-5,7,10,12,17,20-21,24-26H,6,8-9,11H2,1H3. The van der Waals surface area contributed by atoms with Crippen LogP contribution < -0.4 is 10.6 Å². The van der Waals surface area contributed by atoms with Crippen molar-refractivity contribution in [3.63, 3.8) is 0 Å². The summed E-state index contributed by atoms with van der Waals surface area (Å²) in [7, 11) is 0. The smallest absolute Gasteiger partial charge is 0.131 e. The van der Waals surface area contributed by atoms with Gasteiger partial charge in [0.25, 0.3) is 0 Å². The summed E-state index contributed by atoms with van der Waals surface area (Å²) < 4.78 is 28.4. The third-order valence-electron chi connectivity index (χ3n) is 6.07. The van der Waals surface area contributed by atoms with Crippen molar-refractivity contribution in [1.29, 1.82) is 0 Å². The molecule has 0 bridgehead atoms. The van der Waals surface area contributed by atoms with Crippen LogP contribution in [0.1, 0.15) is 42.3 Å². The van der Waals surface area contributed by atoms with E-state index in [1.165, 1.54) is 29.3 Å². The van der Waals surface area contributed by atoms with E-state index in [-0.39, 0.29) is 17.8 Å². The second-order valence-corrected chi connectivity index (χ2v) is 9.30. The van der Waals surface area contributed by atoms with Gasteiger partial charge in [0.15, 0.2) is 0 Å². The van der Waals surface area contributed by atoms with Gasteiger partial charge in [0, 0.05) is 42.0 Å². The Morgan fingerprint density at radius 2 is 2.00 bits per heavy atom. The van der Waals surface area contributed by atoms with E-state index < -0.39 is 11.6 Å². The lowest BCUT2D eigenvalue weighted by Gasteiger charge is -2.35. The molecule has 4 unspecified atom stereocenters. The van der Waals surface area contributed by atoms with Gasteiger partial charge < -0.3 is 10.3 Å². The van der Waals surface area contributed by atoms with E-state index in [2.05, 4.69) is 33.5 Å². The Balaban J connectivity index is 1.28. The molecule has 3 aliphatic heterocycles. The molecule has 148 valence electrons. The number of halogens is 2. The highest BCUT2D eigenvalue weighted by Crippen LogP contribution is 2.41. The van der Waals surface area contributed by atoms with Gasteiger partial charge in [-0.25, -0.2) is 8.78 Å². The molecule has 3 aliphatic rings. The monoisotopic (exact) mass is 402 g/mol. The van der Waals surface area contributed by atoms with Crippen molar-refractivity contribution in [2.45, 2.75) is 42.6 Å². The van der Waals surface area contributed by atoms with E-state index in [9.17, 15) is 8.78 Å². The predicted octanol–water partition coefficient (Wildman–Crippen LogP) is 4.04. The molecule has 0 amide bonds. The first-order valence-corrected chi connectivity index (χ1v) is 10.7. The highest BCUT2D eigenvalue weighted by Gasteiger charge is 2.39. The first kappa shape index (κ1) is 18.2. The minimum absolute atomic E-state index is 0.166. The summed E-state index contributed by atoms with van der Waals surface area (Å²) in [6, 6.07) is 5.91. The molecule has 0 aliphatic carbocycles. The maximum Gasteiger partial charge on any atom is 0.131 e. The van der Waals surface area contributed by atoms with Gasteiger partial charge >= 0.3 is 0 Å². The Kier molecular flexibility index (Phi) is 4.69. The number of benzene rings is 1. The summed E-state index contributed by atoms with van der Waals surface area (Å²) in [6.45, 7) is 4.03. The van der Waals surface area contributed by atoms with Gasteiger partial charge in [-0.3, -0.25) is 10.2 Å². The van der Waals surface area contributed by atoms with Crippen LogP contribution in [0.25, 0.3) is 0 Å². The van der Waals surface area contributed by atoms with Crippen molar-refractivity contribution in [2.75, 3.05) is 13.1 Å². The van der Waals surface area contributed by atoms with E-state index in [1.54, 1.807) is 0 Å². The number of nitrogens with one attached hydrogen (secondary N) is 3. The van der Waals surface area contributed by atoms with Crippen molar-refractivity contribution in [3.8, 4) is 0 Å². The van der Waals surface area contributed by atoms with Crippen LogP contribution in [0.5, 0.6) is 0 Å². The van der Waals surface area contributed by atoms with Crippen LogP contribution in [-0.4, -0.2) is 34.4 Å². The average Bonchev–Trinajstić information content (AvgIpc) is 3.40. The molecular weight excluding hydrogens is 378 g/mol. The number of rotatable bonds is 3. The SMILES string of the molecule is CC1SC(c2cc[nH]c2)NC1N1CCC2=C(C1)NC(c1c(F)cccc1F)C2. The maximum absolute atomic E-state index is 14.2. The van der Waals surface area contributed by atoms with Crippen LogP contribution in [0.2, 0.25) is 0 Å². The van der Waals surface area contributed by atoms with Gasteiger partial charge in [0.2, 0.25) is 0 Å². The second kappa shape index (κ2) is 7.21. The molecular formula is C21H24F2N4S. The Morgan fingerprint density at radius 3 is 2.75 bits per heavy atom. The van der Waals surface area contributed by atoms with Crippen LogP contribution in [0.15, 0.2) is 47.9 Å². The molecule has 1 aromatic heterocycles. The molecule has 5 rings (SSSR count). The van der Waals surface area contributed by atoms with E-state index >= 15 is 0 Å². The van der Waals surface area contributed by atoms with E-state index in [1.807, 2.05) is 24.2 Å². The Labute approximate surface area is 167 Å². The summed E-state index contributed by atoms with van der Waals surface area (Å²) in [4.78, 5) is 5.58. The summed E-state index contributed by atoms with van der Waals surface area (Å²) >= 11 is 1.94. The molecule has 4 heterocycles. The van der Waals surface area contributed by atoms with Gasteiger partial charge in [-0.2, -0.15) is 0 Å². The lowest BCUT2D eigenvalue weighted by atomic mass is 9.98. The molecule has 1 fully saturated rings. The summed E-state index contributed by atoms with van der Waals surface area (Å²) in [5.41, 5.74) is 3.89. The summed E-state index contributed by atoms with van der Waals surface area (Å²) in [6.07, 6.45) is 5.92. The summed E-state index contributed by atoms with van der Waals surface area (Å²) in [5.74, 6) is -0.933. The van der Waals surface area contributed by atoms with Crippen LogP contribution in [-0.2, 0) is 0 Å². The number of aromatic nitrogens is 1. The number of thioether (sulfide) groups is 1. The zero-order valence-electron chi connectivity index (χ0n) is 15.7. The van der Waals surface area contributed by atoms with Crippen molar-refractivity contribution in [3.05, 3.63) is 70.7 Å². The van der Waals surface area contributed by atoms with E-state index in [0.29, 0.717) is 17.0 Å². The average molecular weight is 403 g/mol. The molecule has 28 heavy (non-hydrogen) atoms. The molecule has 0 radical (unpaired) electrons. The third-order valence-corrected chi connectivity index (χ3v) is 7.44. The van der Waals surface area contributed by atoms with Gasteiger partial charge in [0.05, 0.1) is 17.6 Å². The largest absolute Gasteiger partial charge is 0.380 e. The molecule has 4 atom stereocenters. The fraction of sp³-hybridized carbons (Fsp3) is 0.429. The topological polar surface area (TPSA) is 43.1 Å². The Morgan fingerprint density at radius 1 is 1.18 bits per heavy atom. The number of nitrogens with zero attached hydrogens (tertiary/aromatic N) is 1. The predicted molar refractivity (Wildman–Crippen MR) is 108 cm³/mol. The zero-order valence-corrected chi connectivity index (χ0v) is 16.5. The molecule has 3 N–H and O–H groups in total. The zero-order chi connectivity index (χ0) is 19.3. The van der Waals surface area contributed by atoms with Gasteiger partial charge in [-0.1, -0.05) is 13.0 Å². The van der Waals surface area contributed by atoms with Gasteiger partial charge in [-0.15, -0.1) is 11.8 Å². The van der Waals surface area contributed by atoms with Crippen LogP contribution in [0.4, 0.5) is 8.78 Å². The molecule has 0 spiro atoms. The number of hydrogen-bond donors (Lipinski definition) is 3. The lowest BCUT2D eigenvalue weighted by molar-refractivity contribution is 0.176. The van der Waals surface area contributed by atoms with Gasteiger partial charge in [-0.05, 0) is 42.2 Å². The highest BCUT2D eigenvalue weighted by molar-refractivity contribution is 8.00. The number of aromatic amines is 1. The Hall–Kier alpha value is -1.83. The number of hydrogen-bond acceptors (Lipinski definition) is 4. The fourth-order valence-electron chi connectivity index (χ4n) is 4.66. The minimum Gasteiger partial charge on any atom is -0.380 e. The van der Waals surface area contributed by atoms with Crippen LogP contribution >= 0.6 is 11.8 Å². The highest BCUT2D eigenvalue weighted by atomic mass is 32.2. The molecule has 7 heteroatoms. The van der Waals surface area contributed by atoms with Crippen molar-refractivity contribution < 1.29 is 8.78 Å². The molecule has 1 saturated heterocycles. The van der Waals surface area contributed by atoms with Crippen molar-refractivity contribution in [2.24, 2.45) is 0 Å². The normalized spacial score (nSPS) is 30.5. The lowest BCUT2D eigenvalue weighted by Crippen LogP contribution is -2.50. The van der Waals surface area contributed by atoms with Crippen molar-refractivity contribution >= 4 is 11.8 Å². The molecule has 0 saturated carbocycles.